The van der Waals surface area contributed by atoms with Gasteiger partial charge in [-0.25, -0.2) is 0 Å². The summed E-state index contributed by atoms with van der Waals surface area (Å²) in [5.74, 6) is -0.00925. The lowest BCUT2D eigenvalue weighted by molar-refractivity contribution is 0.0730. The second-order valence-corrected chi connectivity index (χ2v) is 7.57. The van der Waals surface area contributed by atoms with Crippen LogP contribution >= 0.6 is 11.5 Å². The topological polar surface area (TPSA) is 51.0 Å². The molecule has 1 aliphatic rings. The summed E-state index contributed by atoms with van der Waals surface area (Å²) in [6, 6.07) is 18.2. The first-order chi connectivity index (χ1) is 13.2. The highest BCUT2D eigenvalue weighted by Gasteiger charge is 2.29. The number of benzene rings is 2. The second-order valence-electron chi connectivity index (χ2n) is 6.77. The number of aryl methyl sites for hydroxylation is 1. The summed E-state index contributed by atoms with van der Waals surface area (Å²) in [7, 11) is 1.97. The van der Waals surface area contributed by atoms with Gasteiger partial charge in [0.25, 0.3) is 5.91 Å². The molecule has 0 unspecified atom stereocenters. The molecule has 0 N–H and O–H groups in total. The predicted molar refractivity (Wildman–Crippen MR) is 107 cm³/mol. The van der Waals surface area contributed by atoms with E-state index >= 15 is 0 Å². The van der Waals surface area contributed by atoms with Gasteiger partial charge in [0.1, 0.15) is 5.69 Å². The van der Waals surface area contributed by atoms with Crippen molar-refractivity contribution in [2.75, 3.05) is 6.54 Å². The fourth-order valence-corrected chi connectivity index (χ4v) is 4.61. The molecule has 0 aliphatic carbocycles. The molecule has 5 nitrogen and oxygen atoms in total. The van der Waals surface area contributed by atoms with E-state index in [9.17, 15) is 4.79 Å². The number of carbonyl (C=O) groups excluding carboxylic acids is 1. The summed E-state index contributed by atoms with van der Waals surface area (Å²) in [4.78, 5) is 14.9. The molecule has 4 aromatic rings. The van der Waals surface area contributed by atoms with Crippen molar-refractivity contribution in [3.8, 4) is 11.3 Å². The highest BCUT2D eigenvalue weighted by Crippen LogP contribution is 2.31. The molecule has 134 valence electrons. The van der Waals surface area contributed by atoms with E-state index in [-0.39, 0.29) is 5.91 Å². The smallest absolute Gasteiger partial charge is 0.274 e. The van der Waals surface area contributed by atoms with E-state index < -0.39 is 0 Å². The number of rotatable bonds is 2. The zero-order chi connectivity index (χ0) is 18.4. The Labute approximate surface area is 161 Å². The van der Waals surface area contributed by atoms with Crippen LogP contribution in [0.25, 0.3) is 21.3 Å². The molecular weight excluding hydrogens is 356 g/mol. The quantitative estimate of drug-likeness (QED) is 0.535. The summed E-state index contributed by atoms with van der Waals surface area (Å²) in [5.41, 5.74) is 5.10. The van der Waals surface area contributed by atoms with Gasteiger partial charge in [-0.1, -0.05) is 48.5 Å². The third-order valence-corrected chi connectivity index (χ3v) is 5.94. The largest absolute Gasteiger partial charge is 0.331 e. The molecule has 0 bridgehead atoms. The Bertz CT molecular complexity index is 1150. The molecule has 0 saturated carbocycles. The third kappa shape index (κ3) is 2.64. The van der Waals surface area contributed by atoms with E-state index in [1.807, 2.05) is 59.1 Å². The van der Waals surface area contributed by atoms with Gasteiger partial charge in [-0.2, -0.15) is 9.47 Å². The van der Waals surface area contributed by atoms with Crippen LogP contribution in [0, 0.1) is 0 Å². The number of nitrogens with zero attached hydrogens (tertiary/aromatic N) is 4. The monoisotopic (exact) mass is 374 g/mol. The number of fused-ring (bicyclic) bond motifs is 2. The first-order valence-electron chi connectivity index (χ1n) is 8.96. The van der Waals surface area contributed by atoms with Crippen molar-refractivity contribution >= 4 is 27.5 Å². The maximum atomic E-state index is 13.1. The Kier molecular flexibility index (Phi) is 3.79. The second kappa shape index (κ2) is 6.32. The molecule has 6 heteroatoms. The lowest BCUT2D eigenvalue weighted by Gasteiger charge is -2.26. The lowest BCUT2D eigenvalue weighted by Crippen LogP contribution is -2.36. The van der Waals surface area contributed by atoms with E-state index in [1.54, 1.807) is 0 Å². The van der Waals surface area contributed by atoms with E-state index in [0.29, 0.717) is 18.8 Å². The van der Waals surface area contributed by atoms with Crippen molar-refractivity contribution < 1.29 is 4.79 Å². The van der Waals surface area contributed by atoms with Crippen molar-refractivity contribution in [3.05, 3.63) is 71.5 Å². The maximum absolute atomic E-state index is 13.1. The molecular formula is C21H18N4OS. The summed E-state index contributed by atoms with van der Waals surface area (Å²) in [5, 5.41) is 5.64. The standard InChI is InChI=1S/C21H18N4OS/c1-24-20(14-7-3-2-4-8-14)15-11-12-25(13-17(15)22-24)21(26)19-16-9-5-6-10-18(16)27-23-19/h2-10H,11-13H2,1H3. The fourth-order valence-electron chi connectivity index (χ4n) is 3.84. The van der Waals surface area contributed by atoms with Crippen LogP contribution in [0.15, 0.2) is 54.6 Å². The minimum absolute atomic E-state index is 0.00925. The molecule has 2 aromatic carbocycles. The summed E-state index contributed by atoms with van der Waals surface area (Å²) in [6.45, 7) is 1.21. The molecule has 0 saturated heterocycles. The Hall–Kier alpha value is -2.99. The maximum Gasteiger partial charge on any atom is 0.274 e. The highest BCUT2D eigenvalue weighted by atomic mass is 32.1. The summed E-state index contributed by atoms with van der Waals surface area (Å²) >= 11 is 1.38. The number of amides is 1. The molecule has 5 rings (SSSR count). The lowest BCUT2D eigenvalue weighted by atomic mass is 9.99. The van der Waals surface area contributed by atoms with Gasteiger partial charge < -0.3 is 4.90 Å². The van der Waals surface area contributed by atoms with Crippen molar-refractivity contribution in [1.82, 2.24) is 19.1 Å². The van der Waals surface area contributed by atoms with E-state index in [4.69, 9.17) is 5.10 Å². The Morgan fingerprint density at radius 1 is 1.07 bits per heavy atom. The molecule has 2 aromatic heterocycles. The van der Waals surface area contributed by atoms with Crippen molar-refractivity contribution in [3.63, 3.8) is 0 Å². The van der Waals surface area contributed by atoms with Crippen LogP contribution in [0.4, 0.5) is 0 Å². The minimum Gasteiger partial charge on any atom is -0.331 e. The molecule has 0 atom stereocenters. The van der Waals surface area contributed by atoms with Crippen molar-refractivity contribution in [2.24, 2.45) is 7.05 Å². The molecule has 0 fully saturated rings. The average molecular weight is 374 g/mol. The zero-order valence-corrected chi connectivity index (χ0v) is 15.7. The summed E-state index contributed by atoms with van der Waals surface area (Å²) < 4.78 is 7.40. The van der Waals surface area contributed by atoms with E-state index in [0.717, 1.165) is 27.9 Å². The van der Waals surface area contributed by atoms with Crippen molar-refractivity contribution in [1.29, 1.82) is 0 Å². The van der Waals surface area contributed by atoms with Crippen molar-refractivity contribution in [2.45, 2.75) is 13.0 Å². The normalized spacial score (nSPS) is 13.7. The molecule has 1 aliphatic heterocycles. The molecule has 3 heterocycles. The third-order valence-electron chi connectivity index (χ3n) is 5.12. The van der Waals surface area contributed by atoms with Gasteiger partial charge in [0.05, 0.1) is 22.6 Å². The van der Waals surface area contributed by atoms with Gasteiger partial charge in [0.2, 0.25) is 0 Å². The SMILES string of the molecule is Cn1nc2c(c1-c1ccccc1)CCN(C(=O)c1nsc3ccccc13)C2. The zero-order valence-electron chi connectivity index (χ0n) is 14.9. The van der Waals surface area contributed by atoms with Crippen LogP contribution < -0.4 is 0 Å². The van der Waals surface area contributed by atoms with E-state index in [2.05, 4.69) is 16.5 Å². The van der Waals surface area contributed by atoms with Crippen LogP contribution in [0.3, 0.4) is 0 Å². The van der Waals surface area contributed by atoms with Crippen LogP contribution in [0.1, 0.15) is 21.7 Å². The van der Waals surface area contributed by atoms with Gasteiger partial charge in [0, 0.05) is 30.1 Å². The Morgan fingerprint density at radius 2 is 1.85 bits per heavy atom. The molecule has 27 heavy (non-hydrogen) atoms. The van der Waals surface area contributed by atoms with Gasteiger partial charge in [-0.05, 0) is 24.0 Å². The van der Waals surface area contributed by atoms with Gasteiger partial charge >= 0.3 is 0 Å². The van der Waals surface area contributed by atoms with E-state index in [1.165, 1.54) is 22.7 Å². The number of hydrogen-bond acceptors (Lipinski definition) is 4. The predicted octanol–water partition coefficient (Wildman–Crippen LogP) is 3.90. The molecule has 0 spiro atoms. The highest BCUT2D eigenvalue weighted by molar-refractivity contribution is 7.13. The number of aromatic nitrogens is 3. The number of hydrogen-bond donors (Lipinski definition) is 0. The Balaban J connectivity index is 1.48. The number of carbonyl (C=O) groups is 1. The van der Waals surface area contributed by atoms with Crippen LogP contribution in [-0.4, -0.2) is 31.5 Å². The van der Waals surface area contributed by atoms with Crippen LogP contribution in [0.5, 0.6) is 0 Å². The molecule has 1 amide bonds. The van der Waals surface area contributed by atoms with Gasteiger partial charge in [-0.15, -0.1) is 0 Å². The van der Waals surface area contributed by atoms with Crippen LogP contribution in [0.2, 0.25) is 0 Å². The average Bonchev–Trinajstić information content (AvgIpc) is 3.27. The first kappa shape index (κ1) is 16.2. The van der Waals surface area contributed by atoms with Gasteiger partial charge in [-0.3, -0.25) is 9.48 Å². The first-order valence-corrected chi connectivity index (χ1v) is 9.73. The Morgan fingerprint density at radius 3 is 2.70 bits per heavy atom. The summed E-state index contributed by atoms with van der Waals surface area (Å²) in [6.07, 6.45) is 0.807. The fraction of sp³-hybridized carbons (Fsp3) is 0.190. The minimum atomic E-state index is -0.00925. The van der Waals surface area contributed by atoms with Crippen LogP contribution in [-0.2, 0) is 20.0 Å². The molecule has 0 radical (unpaired) electrons. The van der Waals surface area contributed by atoms with Gasteiger partial charge in [0.15, 0.2) is 0 Å².